The monoisotopic (exact) mass is 184 g/mol. The smallest absolute Gasteiger partial charge is 0.0682 e. The lowest BCUT2D eigenvalue weighted by Gasteiger charge is -2.07. The highest BCUT2D eigenvalue weighted by atomic mass is 35.5. The maximum atomic E-state index is 8.91. The van der Waals surface area contributed by atoms with Gasteiger partial charge in [-0.25, -0.2) is 0 Å². The minimum Gasteiger partial charge on any atom is -0.392 e. The normalized spacial score (nSPS) is 10.8. The van der Waals surface area contributed by atoms with Gasteiger partial charge in [0.25, 0.3) is 0 Å². The van der Waals surface area contributed by atoms with Gasteiger partial charge in [-0.1, -0.05) is 31.5 Å². The Hall–Kier alpha value is -0.530. The zero-order valence-electron chi connectivity index (χ0n) is 7.34. The number of aliphatic hydroxyl groups is 1. The summed E-state index contributed by atoms with van der Waals surface area (Å²) >= 11 is 5.86. The van der Waals surface area contributed by atoms with Gasteiger partial charge in [0.15, 0.2) is 0 Å². The maximum Gasteiger partial charge on any atom is 0.0682 e. The van der Waals surface area contributed by atoms with E-state index in [-0.39, 0.29) is 6.61 Å². The molecule has 0 spiro atoms. The summed E-state index contributed by atoms with van der Waals surface area (Å²) in [5.74, 6) is 0.453. The minimum atomic E-state index is 0.0558. The number of hydrogen-bond acceptors (Lipinski definition) is 1. The maximum absolute atomic E-state index is 8.91. The van der Waals surface area contributed by atoms with Crippen LogP contribution < -0.4 is 0 Å². The fourth-order valence-corrected chi connectivity index (χ4v) is 1.37. The third kappa shape index (κ3) is 2.23. The number of rotatable bonds is 2. The van der Waals surface area contributed by atoms with Gasteiger partial charge in [-0.3, -0.25) is 0 Å². The molecule has 1 N–H and O–H groups in total. The zero-order valence-corrected chi connectivity index (χ0v) is 8.10. The van der Waals surface area contributed by atoms with Crippen molar-refractivity contribution in [2.45, 2.75) is 26.4 Å². The number of hydrogen-bond donors (Lipinski definition) is 1. The molecule has 1 aromatic carbocycles. The van der Waals surface area contributed by atoms with E-state index < -0.39 is 0 Å². The molecule has 0 amide bonds. The van der Waals surface area contributed by atoms with Gasteiger partial charge in [0.05, 0.1) is 6.61 Å². The standard InChI is InChI=1S/C10H13ClO/c1-7(2)9-3-8(6-12)4-10(11)5-9/h3-5,7,12H,6H2,1-2H3. The molecule has 2 heteroatoms. The van der Waals surface area contributed by atoms with Gasteiger partial charge >= 0.3 is 0 Å². The van der Waals surface area contributed by atoms with Crippen molar-refractivity contribution in [2.24, 2.45) is 0 Å². The Labute approximate surface area is 78.0 Å². The van der Waals surface area contributed by atoms with E-state index in [0.29, 0.717) is 10.9 Å². The van der Waals surface area contributed by atoms with Crippen LogP contribution in [-0.2, 0) is 6.61 Å². The first-order valence-electron chi connectivity index (χ1n) is 4.03. The largest absolute Gasteiger partial charge is 0.392 e. The second-order valence-corrected chi connectivity index (χ2v) is 3.64. The van der Waals surface area contributed by atoms with Gasteiger partial charge in [-0.05, 0) is 29.2 Å². The quantitative estimate of drug-likeness (QED) is 0.750. The van der Waals surface area contributed by atoms with Crippen molar-refractivity contribution in [2.75, 3.05) is 0 Å². The molecule has 0 radical (unpaired) electrons. The molecule has 12 heavy (non-hydrogen) atoms. The molecule has 0 saturated carbocycles. The van der Waals surface area contributed by atoms with Crippen molar-refractivity contribution in [1.29, 1.82) is 0 Å². The second-order valence-electron chi connectivity index (χ2n) is 3.21. The van der Waals surface area contributed by atoms with Crippen molar-refractivity contribution in [1.82, 2.24) is 0 Å². The van der Waals surface area contributed by atoms with Crippen LogP contribution in [0.5, 0.6) is 0 Å². The molecule has 0 bridgehead atoms. The molecule has 0 aliphatic carbocycles. The van der Waals surface area contributed by atoms with Crippen LogP contribution in [0.25, 0.3) is 0 Å². The summed E-state index contributed by atoms with van der Waals surface area (Å²) in [7, 11) is 0. The van der Waals surface area contributed by atoms with E-state index in [1.807, 2.05) is 12.1 Å². The molecule has 66 valence electrons. The van der Waals surface area contributed by atoms with E-state index in [2.05, 4.69) is 13.8 Å². The fraction of sp³-hybridized carbons (Fsp3) is 0.400. The fourth-order valence-electron chi connectivity index (χ4n) is 1.10. The number of halogens is 1. The summed E-state index contributed by atoms with van der Waals surface area (Å²) in [6, 6.07) is 5.70. The van der Waals surface area contributed by atoms with Gasteiger partial charge in [0.2, 0.25) is 0 Å². The van der Waals surface area contributed by atoms with E-state index in [4.69, 9.17) is 16.7 Å². The molecule has 0 unspecified atom stereocenters. The average molecular weight is 185 g/mol. The summed E-state index contributed by atoms with van der Waals surface area (Å²) in [5, 5.41) is 9.61. The molecule has 1 aromatic rings. The molecule has 1 rings (SSSR count). The number of benzene rings is 1. The van der Waals surface area contributed by atoms with Crippen LogP contribution in [0, 0.1) is 0 Å². The van der Waals surface area contributed by atoms with Crippen LogP contribution >= 0.6 is 11.6 Å². The van der Waals surface area contributed by atoms with Crippen LogP contribution in [0.4, 0.5) is 0 Å². The van der Waals surface area contributed by atoms with Gasteiger partial charge in [0, 0.05) is 5.02 Å². The molecular formula is C10H13ClO. The average Bonchev–Trinajstić information content (AvgIpc) is 2.03. The van der Waals surface area contributed by atoms with Crippen molar-refractivity contribution in [3.63, 3.8) is 0 Å². The SMILES string of the molecule is CC(C)c1cc(Cl)cc(CO)c1. The topological polar surface area (TPSA) is 20.2 Å². The summed E-state index contributed by atoms with van der Waals surface area (Å²) < 4.78 is 0. The Balaban J connectivity index is 3.06. The summed E-state index contributed by atoms with van der Waals surface area (Å²) in [5.41, 5.74) is 2.05. The summed E-state index contributed by atoms with van der Waals surface area (Å²) in [4.78, 5) is 0. The first kappa shape index (κ1) is 9.56. The van der Waals surface area contributed by atoms with Gasteiger partial charge < -0.3 is 5.11 Å². The van der Waals surface area contributed by atoms with E-state index >= 15 is 0 Å². The van der Waals surface area contributed by atoms with E-state index in [1.165, 1.54) is 5.56 Å². The predicted octanol–water partition coefficient (Wildman–Crippen LogP) is 2.96. The van der Waals surface area contributed by atoms with Crippen molar-refractivity contribution < 1.29 is 5.11 Å². The highest BCUT2D eigenvalue weighted by Gasteiger charge is 2.02. The van der Waals surface area contributed by atoms with Gasteiger partial charge in [-0.15, -0.1) is 0 Å². The molecule has 0 aliphatic heterocycles. The third-order valence-corrected chi connectivity index (χ3v) is 2.05. The van der Waals surface area contributed by atoms with E-state index in [1.54, 1.807) is 6.07 Å². The Morgan fingerprint density at radius 1 is 1.33 bits per heavy atom. The Morgan fingerprint density at radius 2 is 2.00 bits per heavy atom. The first-order valence-corrected chi connectivity index (χ1v) is 4.41. The highest BCUT2D eigenvalue weighted by Crippen LogP contribution is 2.21. The molecule has 0 aromatic heterocycles. The van der Waals surface area contributed by atoms with Crippen LogP contribution in [-0.4, -0.2) is 5.11 Å². The van der Waals surface area contributed by atoms with Crippen molar-refractivity contribution in [3.8, 4) is 0 Å². The second kappa shape index (κ2) is 3.92. The molecule has 0 atom stereocenters. The minimum absolute atomic E-state index is 0.0558. The van der Waals surface area contributed by atoms with E-state index in [9.17, 15) is 0 Å². The highest BCUT2D eigenvalue weighted by molar-refractivity contribution is 6.30. The Bertz CT molecular complexity index is 269. The lowest BCUT2D eigenvalue weighted by atomic mass is 10.0. The molecule has 0 saturated heterocycles. The lowest BCUT2D eigenvalue weighted by molar-refractivity contribution is 0.281. The zero-order chi connectivity index (χ0) is 9.14. The predicted molar refractivity (Wildman–Crippen MR) is 51.5 cm³/mol. The third-order valence-electron chi connectivity index (χ3n) is 1.83. The molecule has 0 fully saturated rings. The molecule has 0 aliphatic rings. The van der Waals surface area contributed by atoms with E-state index in [0.717, 1.165) is 5.56 Å². The number of aliphatic hydroxyl groups excluding tert-OH is 1. The van der Waals surface area contributed by atoms with Gasteiger partial charge in [-0.2, -0.15) is 0 Å². The molecule has 0 heterocycles. The Morgan fingerprint density at radius 3 is 2.50 bits per heavy atom. The summed E-state index contributed by atoms with van der Waals surface area (Å²) in [6.45, 7) is 4.26. The van der Waals surface area contributed by atoms with Crippen LogP contribution in [0.15, 0.2) is 18.2 Å². The van der Waals surface area contributed by atoms with Gasteiger partial charge in [0.1, 0.15) is 0 Å². The Kier molecular flexibility index (Phi) is 3.12. The van der Waals surface area contributed by atoms with Crippen molar-refractivity contribution in [3.05, 3.63) is 34.3 Å². The van der Waals surface area contributed by atoms with Crippen LogP contribution in [0.2, 0.25) is 5.02 Å². The summed E-state index contributed by atoms with van der Waals surface area (Å²) in [6.07, 6.45) is 0. The van der Waals surface area contributed by atoms with Crippen molar-refractivity contribution >= 4 is 11.6 Å². The first-order chi connectivity index (χ1) is 5.63. The van der Waals surface area contributed by atoms with Crippen LogP contribution in [0.3, 0.4) is 0 Å². The molecule has 1 nitrogen and oxygen atoms in total. The molecular weight excluding hydrogens is 172 g/mol. The van der Waals surface area contributed by atoms with Crippen LogP contribution in [0.1, 0.15) is 30.9 Å². The lowest BCUT2D eigenvalue weighted by Crippen LogP contribution is -1.90.